The van der Waals surface area contributed by atoms with Crippen LogP contribution < -0.4 is 5.32 Å². The molecule has 2 aromatic carbocycles. The summed E-state index contributed by atoms with van der Waals surface area (Å²) < 4.78 is 4.82. The molecule has 0 bridgehead atoms. The quantitative estimate of drug-likeness (QED) is 0.437. The standard InChI is InChI=1S/C18H17N3O7/c1-3-12-4-6-14(7-5-12)19-17(22)10-28-18(23)13-8-15(20(24)25)11(2)16(9-13)21(26)27/h4-9H,3,10H2,1-2H3,(H,19,22). The summed E-state index contributed by atoms with van der Waals surface area (Å²) in [5.74, 6) is -1.70. The predicted molar refractivity (Wildman–Crippen MR) is 99.2 cm³/mol. The van der Waals surface area contributed by atoms with E-state index in [9.17, 15) is 29.8 Å². The molecule has 0 fully saturated rings. The number of esters is 1. The van der Waals surface area contributed by atoms with E-state index in [1.165, 1.54) is 6.92 Å². The number of carbonyl (C=O) groups excluding carboxylic acids is 2. The zero-order valence-electron chi connectivity index (χ0n) is 15.1. The SMILES string of the molecule is CCc1ccc(NC(=O)COC(=O)c2cc([N+](=O)[O-])c(C)c([N+](=O)[O-])c2)cc1. The fraction of sp³-hybridized carbons (Fsp3) is 0.222. The van der Waals surface area contributed by atoms with Crippen molar-refractivity contribution < 1.29 is 24.2 Å². The van der Waals surface area contributed by atoms with Gasteiger partial charge in [-0.3, -0.25) is 25.0 Å². The molecule has 0 atom stereocenters. The van der Waals surface area contributed by atoms with Gasteiger partial charge < -0.3 is 10.1 Å². The third kappa shape index (κ3) is 4.87. The Bertz CT molecular complexity index is 904. The van der Waals surface area contributed by atoms with Crippen molar-refractivity contribution in [2.45, 2.75) is 20.3 Å². The lowest BCUT2D eigenvalue weighted by atomic mass is 10.1. The first-order valence-electron chi connectivity index (χ1n) is 8.22. The van der Waals surface area contributed by atoms with E-state index in [1.807, 2.05) is 19.1 Å². The van der Waals surface area contributed by atoms with Crippen LogP contribution >= 0.6 is 0 Å². The van der Waals surface area contributed by atoms with E-state index < -0.39 is 39.7 Å². The summed E-state index contributed by atoms with van der Waals surface area (Å²) in [6.07, 6.45) is 0.848. The van der Waals surface area contributed by atoms with Crippen LogP contribution in [0.15, 0.2) is 36.4 Å². The van der Waals surface area contributed by atoms with Gasteiger partial charge in [0.1, 0.15) is 5.56 Å². The molecule has 0 aliphatic rings. The average molecular weight is 387 g/mol. The van der Waals surface area contributed by atoms with Gasteiger partial charge in [0.15, 0.2) is 6.61 Å². The molecular weight excluding hydrogens is 370 g/mol. The van der Waals surface area contributed by atoms with Gasteiger partial charge in [0.25, 0.3) is 17.3 Å². The number of anilines is 1. The third-order valence-corrected chi connectivity index (χ3v) is 3.96. The number of nitrogens with zero attached hydrogens (tertiary/aromatic N) is 2. The minimum Gasteiger partial charge on any atom is -0.452 e. The minimum atomic E-state index is -1.08. The third-order valence-electron chi connectivity index (χ3n) is 3.96. The van der Waals surface area contributed by atoms with Crippen LogP contribution in [0.2, 0.25) is 0 Å². The van der Waals surface area contributed by atoms with Crippen molar-refractivity contribution in [1.29, 1.82) is 0 Å². The molecule has 0 aliphatic heterocycles. The largest absolute Gasteiger partial charge is 0.452 e. The summed E-state index contributed by atoms with van der Waals surface area (Å²) in [6.45, 7) is 2.55. The van der Waals surface area contributed by atoms with Gasteiger partial charge in [0.2, 0.25) is 0 Å². The van der Waals surface area contributed by atoms with E-state index in [0.29, 0.717) is 5.69 Å². The normalized spacial score (nSPS) is 10.2. The summed E-state index contributed by atoms with van der Waals surface area (Å²) in [5, 5.41) is 24.6. The van der Waals surface area contributed by atoms with Crippen LogP contribution in [-0.2, 0) is 16.0 Å². The van der Waals surface area contributed by atoms with Crippen LogP contribution in [-0.4, -0.2) is 28.3 Å². The van der Waals surface area contributed by atoms with Crippen molar-refractivity contribution in [2.24, 2.45) is 0 Å². The fourth-order valence-electron chi connectivity index (χ4n) is 2.42. The number of nitro benzene ring substituents is 2. The number of hydrogen-bond donors (Lipinski definition) is 1. The maximum Gasteiger partial charge on any atom is 0.339 e. The number of carbonyl (C=O) groups is 2. The zero-order valence-corrected chi connectivity index (χ0v) is 15.1. The van der Waals surface area contributed by atoms with Gasteiger partial charge in [-0.15, -0.1) is 0 Å². The number of benzene rings is 2. The molecule has 28 heavy (non-hydrogen) atoms. The van der Waals surface area contributed by atoms with E-state index >= 15 is 0 Å². The molecule has 146 valence electrons. The van der Waals surface area contributed by atoms with Gasteiger partial charge in [-0.25, -0.2) is 4.79 Å². The number of amides is 1. The van der Waals surface area contributed by atoms with E-state index in [4.69, 9.17) is 4.74 Å². The van der Waals surface area contributed by atoms with E-state index in [1.54, 1.807) is 12.1 Å². The highest BCUT2D eigenvalue weighted by Crippen LogP contribution is 2.29. The Balaban J connectivity index is 2.08. The lowest BCUT2D eigenvalue weighted by molar-refractivity contribution is -0.395. The molecule has 1 amide bonds. The van der Waals surface area contributed by atoms with E-state index in [2.05, 4.69) is 5.32 Å². The summed E-state index contributed by atoms with van der Waals surface area (Å²) in [5.41, 5.74) is -0.126. The number of hydrogen-bond acceptors (Lipinski definition) is 7. The van der Waals surface area contributed by atoms with Gasteiger partial charge in [0, 0.05) is 17.8 Å². The van der Waals surface area contributed by atoms with Crippen LogP contribution in [0, 0.1) is 27.2 Å². The van der Waals surface area contributed by atoms with Crippen molar-refractivity contribution in [3.8, 4) is 0 Å². The topological polar surface area (TPSA) is 142 Å². The highest BCUT2D eigenvalue weighted by molar-refractivity contribution is 5.96. The van der Waals surface area contributed by atoms with Crippen molar-refractivity contribution in [3.63, 3.8) is 0 Å². The smallest absolute Gasteiger partial charge is 0.339 e. The van der Waals surface area contributed by atoms with Crippen molar-refractivity contribution in [1.82, 2.24) is 0 Å². The highest BCUT2D eigenvalue weighted by Gasteiger charge is 2.26. The maximum atomic E-state index is 12.1. The van der Waals surface area contributed by atoms with Crippen molar-refractivity contribution in [3.05, 3.63) is 73.3 Å². The van der Waals surface area contributed by atoms with Gasteiger partial charge in [-0.2, -0.15) is 0 Å². The molecule has 0 saturated carbocycles. The van der Waals surface area contributed by atoms with Gasteiger partial charge in [-0.1, -0.05) is 19.1 Å². The number of ether oxygens (including phenoxy) is 1. The average Bonchev–Trinajstić information content (AvgIpc) is 2.66. The zero-order chi connectivity index (χ0) is 20.8. The molecule has 0 heterocycles. The number of nitro groups is 2. The Morgan fingerprint density at radius 1 is 1.04 bits per heavy atom. The Labute approximate surface area is 159 Å². The van der Waals surface area contributed by atoms with Gasteiger partial charge >= 0.3 is 5.97 Å². The second kappa shape index (κ2) is 8.71. The Morgan fingerprint density at radius 2 is 1.57 bits per heavy atom. The number of rotatable bonds is 7. The number of nitrogens with one attached hydrogen (secondary N) is 1. The van der Waals surface area contributed by atoms with E-state index in [0.717, 1.165) is 24.1 Å². The number of aryl methyl sites for hydroxylation is 1. The molecule has 10 nitrogen and oxygen atoms in total. The molecule has 0 aliphatic carbocycles. The van der Waals surface area contributed by atoms with Crippen LogP contribution in [0.25, 0.3) is 0 Å². The molecule has 0 spiro atoms. The summed E-state index contributed by atoms with van der Waals surface area (Å²) in [7, 11) is 0. The summed E-state index contributed by atoms with van der Waals surface area (Å²) in [4.78, 5) is 44.5. The molecule has 10 heteroatoms. The Kier molecular flexibility index (Phi) is 6.38. The lowest BCUT2D eigenvalue weighted by Gasteiger charge is -2.08. The summed E-state index contributed by atoms with van der Waals surface area (Å²) >= 11 is 0. The first-order chi connectivity index (χ1) is 13.2. The molecule has 2 rings (SSSR count). The highest BCUT2D eigenvalue weighted by atomic mass is 16.6. The molecule has 0 unspecified atom stereocenters. The molecule has 2 aromatic rings. The van der Waals surface area contributed by atoms with Crippen LogP contribution in [0.3, 0.4) is 0 Å². The Hall–Kier alpha value is -3.82. The summed E-state index contributed by atoms with van der Waals surface area (Å²) in [6, 6.07) is 8.84. The minimum absolute atomic E-state index is 0.181. The fourth-order valence-corrected chi connectivity index (χ4v) is 2.42. The first kappa shape index (κ1) is 20.5. The monoisotopic (exact) mass is 387 g/mol. The first-order valence-corrected chi connectivity index (χ1v) is 8.22. The molecule has 0 aromatic heterocycles. The predicted octanol–water partition coefficient (Wildman–Crippen LogP) is 3.17. The molecular formula is C18H17N3O7. The van der Waals surface area contributed by atoms with Gasteiger partial charge in [0.05, 0.1) is 15.4 Å². The molecule has 0 saturated heterocycles. The molecule has 0 radical (unpaired) electrons. The molecule has 1 N–H and O–H groups in total. The Morgan fingerprint density at radius 3 is 2.04 bits per heavy atom. The van der Waals surface area contributed by atoms with E-state index in [-0.39, 0.29) is 11.1 Å². The van der Waals surface area contributed by atoms with Gasteiger partial charge in [-0.05, 0) is 31.0 Å². The maximum absolute atomic E-state index is 12.1. The van der Waals surface area contributed by atoms with Crippen LogP contribution in [0.1, 0.15) is 28.4 Å². The van der Waals surface area contributed by atoms with Crippen molar-refractivity contribution >= 4 is 28.9 Å². The second-order valence-electron chi connectivity index (χ2n) is 5.83. The van der Waals surface area contributed by atoms with Crippen molar-refractivity contribution in [2.75, 3.05) is 11.9 Å². The lowest BCUT2D eigenvalue weighted by Crippen LogP contribution is -2.21. The van der Waals surface area contributed by atoms with Crippen LogP contribution in [0.5, 0.6) is 0 Å². The van der Waals surface area contributed by atoms with Crippen LogP contribution in [0.4, 0.5) is 17.1 Å². The second-order valence-corrected chi connectivity index (χ2v) is 5.83.